The maximum absolute atomic E-state index is 13.1. The molecule has 1 aliphatic rings. The van der Waals surface area contributed by atoms with E-state index in [1.165, 1.54) is 12.1 Å². The van der Waals surface area contributed by atoms with Gasteiger partial charge in [-0.2, -0.15) is 0 Å². The lowest BCUT2D eigenvalue weighted by Gasteiger charge is -2.18. The van der Waals surface area contributed by atoms with Gasteiger partial charge < -0.3 is 19.5 Å². The van der Waals surface area contributed by atoms with Gasteiger partial charge in [0.1, 0.15) is 5.82 Å². The van der Waals surface area contributed by atoms with Crippen molar-refractivity contribution in [2.75, 3.05) is 26.3 Å². The minimum absolute atomic E-state index is 0.129. The Morgan fingerprint density at radius 3 is 2.57 bits per heavy atom. The number of carbonyl (C=O) groups excluding carboxylic acids is 1. The Balaban J connectivity index is 1.72. The van der Waals surface area contributed by atoms with Crippen LogP contribution in [0.1, 0.15) is 35.2 Å². The molecule has 0 spiro atoms. The van der Waals surface area contributed by atoms with E-state index in [0.29, 0.717) is 31.0 Å². The first kappa shape index (κ1) is 19.7. The Bertz CT molecular complexity index is 852. The zero-order valence-electron chi connectivity index (χ0n) is 15.6. The summed E-state index contributed by atoms with van der Waals surface area (Å²) in [5.74, 6) is -0.699. The van der Waals surface area contributed by atoms with Crippen LogP contribution in [0, 0.1) is 5.82 Å². The van der Waals surface area contributed by atoms with Crippen LogP contribution in [0.4, 0.5) is 4.39 Å². The molecule has 0 unspecified atom stereocenters. The minimum atomic E-state index is -1.09. The Kier molecular flexibility index (Phi) is 6.13. The Labute approximate surface area is 162 Å². The number of nitrogens with zero attached hydrogens (tertiary/aromatic N) is 1. The van der Waals surface area contributed by atoms with Crippen molar-refractivity contribution in [3.63, 3.8) is 0 Å². The average Bonchev–Trinajstić information content (AvgIpc) is 3.17. The molecule has 2 aromatic rings. The van der Waals surface area contributed by atoms with Crippen molar-refractivity contribution in [1.29, 1.82) is 0 Å². The highest BCUT2D eigenvalue weighted by molar-refractivity contribution is 5.95. The van der Waals surface area contributed by atoms with Crippen molar-refractivity contribution in [2.24, 2.45) is 0 Å². The maximum atomic E-state index is 13.1. The van der Waals surface area contributed by atoms with Crippen LogP contribution in [0.3, 0.4) is 0 Å². The molecule has 7 heteroatoms. The number of ether oxygens (including phenoxy) is 2. The molecule has 0 aromatic heterocycles. The molecule has 1 N–H and O–H groups in total. The number of benzene rings is 2. The molecule has 1 heterocycles. The number of hydrogen-bond acceptors (Lipinski definition) is 4. The Morgan fingerprint density at radius 1 is 1.14 bits per heavy atom. The van der Waals surface area contributed by atoms with Crippen LogP contribution in [0.5, 0.6) is 11.5 Å². The molecule has 1 aliphatic heterocycles. The van der Waals surface area contributed by atoms with Crippen molar-refractivity contribution in [2.45, 2.75) is 19.3 Å². The van der Waals surface area contributed by atoms with Gasteiger partial charge in [0, 0.05) is 24.6 Å². The van der Waals surface area contributed by atoms with Crippen LogP contribution in [0.2, 0.25) is 0 Å². The van der Waals surface area contributed by atoms with Crippen LogP contribution >= 0.6 is 0 Å². The largest absolute Gasteiger partial charge is 0.490 e. The fraction of sp³-hybridized carbons (Fsp3) is 0.333. The zero-order valence-corrected chi connectivity index (χ0v) is 15.6. The van der Waals surface area contributed by atoms with Crippen LogP contribution in [0.15, 0.2) is 42.5 Å². The molecule has 3 rings (SSSR count). The van der Waals surface area contributed by atoms with E-state index < -0.39 is 12.6 Å². The van der Waals surface area contributed by atoms with Crippen LogP contribution in [-0.2, 0) is 4.79 Å². The van der Waals surface area contributed by atoms with Gasteiger partial charge in [0.15, 0.2) is 18.1 Å². The van der Waals surface area contributed by atoms with Crippen molar-refractivity contribution in [3.8, 4) is 11.5 Å². The summed E-state index contributed by atoms with van der Waals surface area (Å²) in [5.41, 5.74) is 1.47. The highest BCUT2D eigenvalue weighted by Crippen LogP contribution is 2.32. The molecule has 2 aromatic carbocycles. The first-order valence-electron chi connectivity index (χ1n) is 9.14. The van der Waals surface area contributed by atoms with E-state index in [4.69, 9.17) is 14.6 Å². The summed E-state index contributed by atoms with van der Waals surface area (Å²) in [6.45, 7) is 2.84. The first-order chi connectivity index (χ1) is 13.5. The van der Waals surface area contributed by atoms with E-state index in [9.17, 15) is 14.0 Å². The second kappa shape index (κ2) is 8.73. The number of aliphatic carboxylic acids is 1. The van der Waals surface area contributed by atoms with E-state index in [2.05, 4.69) is 0 Å². The normalized spacial score (nSPS) is 16.1. The number of likely N-dealkylation sites (tertiary alicyclic amines) is 1. The second-order valence-corrected chi connectivity index (χ2v) is 6.57. The van der Waals surface area contributed by atoms with E-state index in [0.717, 1.165) is 12.0 Å². The molecule has 1 fully saturated rings. The van der Waals surface area contributed by atoms with Gasteiger partial charge in [0.2, 0.25) is 0 Å². The number of hydrogen-bond donors (Lipinski definition) is 1. The van der Waals surface area contributed by atoms with E-state index in [-0.39, 0.29) is 23.4 Å². The second-order valence-electron chi connectivity index (χ2n) is 6.57. The molecule has 6 nitrogen and oxygen atoms in total. The summed E-state index contributed by atoms with van der Waals surface area (Å²) in [6.07, 6.45) is 0.815. The minimum Gasteiger partial charge on any atom is -0.490 e. The molecule has 1 saturated heterocycles. The molecule has 0 radical (unpaired) electrons. The van der Waals surface area contributed by atoms with E-state index >= 15 is 0 Å². The molecular weight excluding hydrogens is 365 g/mol. The molecule has 28 heavy (non-hydrogen) atoms. The summed E-state index contributed by atoms with van der Waals surface area (Å²) in [6, 6.07) is 11.1. The lowest BCUT2D eigenvalue weighted by Crippen LogP contribution is -2.28. The van der Waals surface area contributed by atoms with Gasteiger partial charge in [-0.15, -0.1) is 0 Å². The molecule has 1 amide bonds. The number of halogens is 1. The molecule has 0 saturated carbocycles. The quantitative estimate of drug-likeness (QED) is 0.789. The van der Waals surface area contributed by atoms with Gasteiger partial charge in [-0.3, -0.25) is 4.79 Å². The van der Waals surface area contributed by atoms with Crippen LogP contribution < -0.4 is 9.47 Å². The Hall–Kier alpha value is -3.09. The lowest BCUT2D eigenvalue weighted by molar-refractivity contribution is -0.139. The van der Waals surface area contributed by atoms with Crippen molar-refractivity contribution >= 4 is 11.9 Å². The molecule has 0 aliphatic carbocycles. The van der Waals surface area contributed by atoms with E-state index in [1.54, 1.807) is 42.2 Å². The van der Waals surface area contributed by atoms with E-state index in [1.807, 2.05) is 0 Å². The maximum Gasteiger partial charge on any atom is 0.341 e. The topological polar surface area (TPSA) is 76.1 Å². The summed E-state index contributed by atoms with van der Waals surface area (Å²) in [4.78, 5) is 25.4. The average molecular weight is 387 g/mol. The molecule has 0 bridgehead atoms. The molecule has 148 valence electrons. The number of rotatable bonds is 7. The zero-order chi connectivity index (χ0) is 20.1. The lowest BCUT2D eigenvalue weighted by atomic mass is 9.98. The summed E-state index contributed by atoms with van der Waals surface area (Å²) in [7, 11) is 0. The summed E-state index contributed by atoms with van der Waals surface area (Å²) in [5, 5.41) is 8.77. The van der Waals surface area contributed by atoms with Crippen LogP contribution in [-0.4, -0.2) is 48.2 Å². The van der Waals surface area contributed by atoms with Crippen molar-refractivity contribution in [1.82, 2.24) is 4.90 Å². The number of carboxylic acid groups (broad SMARTS) is 1. The predicted octanol–water partition coefficient (Wildman–Crippen LogP) is 3.32. The number of amides is 1. The van der Waals surface area contributed by atoms with Crippen molar-refractivity contribution < 1.29 is 28.6 Å². The van der Waals surface area contributed by atoms with Gasteiger partial charge in [-0.1, -0.05) is 12.1 Å². The summed E-state index contributed by atoms with van der Waals surface area (Å²) < 4.78 is 23.8. The smallest absolute Gasteiger partial charge is 0.341 e. The van der Waals surface area contributed by atoms with Gasteiger partial charge in [-0.05, 0) is 49.2 Å². The van der Waals surface area contributed by atoms with Gasteiger partial charge in [0.25, 0.3) is 5.91 Å². The fourth-order valence-electron chi connectivity index (χ4n) is 3.30. The predicted molar refractivity (Wildman–Crippen MR) is 100 cm³/mol. The number of carboxylic acids is 1. The first-order valence-corrected chi connectivity index (χ1v) is 9.14. The third-order valence-corrected chi connectivity index (χ3v) is 4.66. The highest BCUT2D eigenvalue weighted by atomic mass is 19.1. The van der Waals surface area contributed by atoms with Crippen molar-refractivity contribution in [3.05, 3.63) is 59.4 Å². The summed E-state index contributed by atoms with van der Waals surface area (Å²) >= 11 is 0. The monoisotopic (exact) mass is 387 g/mol. The molecule has 1 atom stereocenters. The van der Waals surface area contributed by atoms with Gasteiger partial charge in [0.05, 0.1) is 6.61 Å². The van der Waals surface area contributed by atoms with Gasteiger partial charge in [-0.25, -0.2) is 9.18 Å². The Morgan fingerprint density at radius 2 is 1.89 bits per heavy atom. The SMILES string of the molecule is CCOc1cc(C(=O)N2CC[C@H](c3ccc(F)cc3)C2)ccc1OCC(=O)O. The molecular formula is C21H22FNO5. The standard InChI is InChI=1S/C21H22FNO5/c1-2-27-19-11-15(5-8-18(19)28-13-20(24)25)21(26)23-10-9-16(12-23)14-3-6-17(22)7-4-14/h3-8,11,16H,2,9-10,12-13H2,1H3,(H,24,25)/t16-/m0/s1. The van der Waals surface area contributed by atoms with Crippen LogP contribution in [0.25, 0.3) is 0 Å². The fourth-order valence-corrected chi connectivity index (χ4v) is 3.30. The van der Waals surface area contributed by atoms with Gasteiger partial charge >= 0.3 is 5.97 Å². The number of carbonyl (C=O) groups is 2. The third-order valence-electron chi connectivity index (χ3n) is 4.66. The third kappa shape index (κ3) is 4.60. The highest BCUT2D eigenvalue weighted by Gasteiger charge is 2.28.